The highest BCUT2D eigenvalue weighted by atomic mass is 79.9. The Kier molecular flexibility index (Phi) is 4.76. The zero-order valence-electron chi connectivity index (χ0n) is 8.44. The molecule has 3 nitrogen and oxygen atoms in total. The lowest BCUT2D eigenvalue weighted by molar-refractivity contribution is 0.587. The first kappa shape index (κ1) is 13.2. The van der Waals surface area contributed by atoms with E-state index in [4.69, 9.17) is 5.73 Å². The van der Waals surface area contributed by atoms with Crippen molar-refractivity contribution in [1.82, 2.24) is 0 Å². The maximum absolute atomic E-state index is 11.6. The Morgan fingerprint density at radius 1 is 1.60 bits per heavy atom. The van der Waals surface area contributed by atoms with Crippen LogP contribution < -0.4 is 5.73 Å². The lowest BCUT2D eigenvalue weighted by Gasteiger charge is -2.05. The maximum atomic E-state index is 11.6. The van der Waals surface area contributed by atoms with Crippen LogP contribution in [0.1, 0.15) is 18.2 Å². The van der Waals surface area contributed by atoms with Crippen molar-refractivity contribution in [3.63, 3.8) is 0 Å². The van der Waals surface area contributed by atoms with Crippen LogP contribution in [0.2, 0.25) is 0 Å². The summed E-state index contributed by atoms with van der Waals surface area (Å²) < 4.78 is 24.2. The Morgan fingerprint density at radius 3 is 2.73 bits per heavy atom. The van der Waals surface area contributed by atoms with Crippen molar-refractivity contribution in [3.8, 4) is 0 Å². The molecule has 0 saturated heterocycles. The van der Waals surface area contributed by atoms with Crippen LogP contribution in [0.5, 0.6) is 0 Å². The second-order valence-electron chi connectivity index (χ2n) is 3.59. The standard InChI is InChI=1S/C9H14BrNO2S2/c1-7(11)2-3-15(12,13)6-9-4-8(10)5-14-9/h4-5,7H,2-3,6,11H2,1H3. The van der Waals surface area contributed by atoms with Gasteiger partial charge in [-0.2, -0.15) is 0 Å². The molecular weight excluding hydrogens is 298 g/mol. The normalized spacial score (nSPS) is 14.1. The molecule has 1 rings (SSSR count). The molecule has 86 valence electrons. The van der Waals surface area contributed by atoms with Gasteiger partial charge in [-0.25, -0.2) is 8.42 Å². The van der Waals surface area contributed by atoms with E-state index in [2.05, 4.69) is 15.9 Å². The van der Waals surface area contributed by atoms with Gasteiger partial charge in [0.25, 0.3) is 0 Å². The first-order valence-electron chi connectivity index (χ1n) is 4.58. The number of nitrogens with two attached hydrogens (primary N) is 1. The number of halogens is 1. The summed E-state index contributed by atoms with van der Waals surface area (Å²) in [5, 5.41) is 1.89. The van der Waals surface area contributed by atoms with Gasteiger partial charge in [0.1, 0.15) is 0 Å². The maximum Gasteiger partial charge on any atom is 0.155 e. The number of rotatable bonds is 5. The number of hydrogen-bond donors (Lipinski definition) is 1. The third-order valence-electron chi connectivity index (χ3n) is 1.87. The number of sulfone groups is 1. The zero-order chi connectivity index (χ0) is 11.5. The third kappa shape index (κ3) is 5.10. The van der Waals surface area contributed by atoms with E-state index in [-0.39, 0.29) is 17.5 Å². The van der Waals surface area contributed by atoms with Crippen molar-refractivity contribution < 1.29 is 8.42 Å². The molecule has 1 aromatic rings. The van der Waals surface area contributed by atoms with Crippen LogP contribution in [-0.4, -0.2) is 20.2 Å². The van der Waals surface area contributed by atoms with Crippen molar-refractivity contribution in [2.45, 2.75) is 25.1 Å². The summed E-state index contributed by atoms with van der Waals surface area (Å²) in [4.78, 5) is 0.867. The van der Waals surface area contributed by atoms with E-state index in [1.165, 1.54) is 11.3 Å². The molecule has 0 fully saturated rings. The van der Waals surface area contributed by atoms with Crippen molar-refractivity contribution in [2.24, 2.45) is 5.73 Å². The fourth-order valence-corrected chi connectivity index (χ4v) is 4.52. The molecule has 0 saturated carbocycles. The van der Waals surface area contributed by atoms with E-state index in [0.29, 0.717) is 6.42 Å². The van der Waals surface area contributed by atoms with Crippen LogP contribution in [0.25, 0.3) is 0 Å². The minimum absolute atomic E-state index is 0.0603. The minimum Gasteiger partial charge on any atom is -0.328 e. The quantitative estimate of drug-likeness (QED) is 0.906. The summed E-state index contributed by atoms with van der Waals surface area (Å²) >= 11 is 4.75. The number of hydrogen-bond acceptors (Lipinski definition) is 4. The van der Waals surface area contributed by atoms with Gasteiger partial charge in [-0.1, -0.05) is 0 Å². The summed E-state index contributed by atoms with van der Waals surface area (Å²) in [5.74, 6) is 0.288. The Balaban J connectivity index is 2.57. The van der Waals surface area contributed by atoms with Gasteiger partial charge in [-0.05, 0) is 35.3 Å². The van der Waals surface area contributed by atoms with E-state index >= 15 is 0 Å². The smallest absolute Gasteiger partial charge is 0.155 e. The molecule has 0 aliphatic carbocycles. The highest BCUT2D eigenvalue weighted by Crippen LogP contribution is 2.22. The molecule has 1 aromatic heterocycles. The largest absolute Gasteiger partial charge is 0.328 e. The first-order chi connectivity index (χ1) is 6.89. The molecule has 6 heteroatoms. The predicted octanol–water partition coefficient (Wildman–Crippen LogP) is 2.16. The van der Waals surface area contributed by atoms with Crippen LogP contribution in [0.15, 0.2) is 15.9 Å². The fraction of sp³-hybridized carbons (Fsp3) is 0.556. The van der Waals surface area contributed by atoms with Crippen LogP contribution >= 0.6 is 27.3 Å². The molecule has 0 aliphatic rings. The van der Waals surface area contributed by atoms with E-state index in [9.17, 15) is 8.42 Å². The van der Waals surface area contributed by atoms with Crippen molar-refractivity contribution >= 4 is 37.1 Å². The van der Waals surface area contributed by atoms with E-state index in [1.54, 1.807) is 0 Å². The van der Waals surface area contributed by atoms with Gasteiger partial charge in [0.15, 0.2) is 9.84 Å². The Labute approximate surface area is 103 Å². The fourth-order valence-electron chi connectivity index (χ4n) is 1.08. The molecule has 0 aliphatic heterocycles. The zero-order valence-corrected chi connectivity index (χ0v) is 11.7. The van der Waals surface area contributed by atoms with E-state index in [1.807, 2.05) is 18.4 Å². The second kappa shape index (κ2) is 5.43. The lowest BCUT2D eigenvalue weighted by Crippen LogP contribution is -2.20. The van der Waals surface area contributed by atoms with Crippen LogP contribution in [0, 0.1) is 0 Å². The van der Waals surface area contributed by atoms with Gasteiger partial charge >= 0.3 is 0 Å². The number of thiophene rings is 1. The van der Waals surface area contributed by atoms with Crippen LogP contribution in [-0.2, 0) is 15.6 Å². The summed E-state index contributed by atoms with van der Waals surface area (Å²) in [5.41, 5.74) is 5.53. The lowest BCUT2D eigenvalue weighted by atomic mass is 10.3. The third-order valence-corrected chi connectivity index (χ3v) is 5.36. The minimum atomic E-state index is -3.01. The molecule has 1 atom stereocenters. The molecule has 0 aromatic carbocycles. The van der Waals surface area contributed by atoms with E-state index in [0.717, 1.165) is 9.35 Å². The average Bonchev–Trinajstić information content (AvgIpc) is 2.47. The molecule has 1 heterocycles. The topological polar surface area (TPSA) is 60.2 Å². The van der Waals surface area contributed by atoms with Gasteiger partial charge in [0.05, 0.1) is 11.5 Å². The molecule has 15 heavy (non-hydrogen) atoms. The average molecular weight is 312 g/mol. The van der Waals surface area contributed by atoms with Crippen LogP contribution in [0.3, 0.4) is 0 Å². The molecule has 2 N–H and O–H groups in total. The van der Waals surface area contributed by atoms with Crippen molar-refractivity contribution in [2.75, 3.05) is 5.75 Å². The Hall–Kier alpha value is 0.0900. The van der Waals surface area contributed by atoms with Gasteiger partial charge in [-0.3, -0.25) is 0 Å². The van der Waals surface area contributed by atoms with Gasteiger partial charge < -0.3 is 5.73 Å². The first-order valence-corrected chi connectivity index (χ1v) is 8.07. The SMILES string of the molecule is CC(N)CCS(=O)(=O)Cc1cc(Br)cs1. The highest BCUT2D eigenvalue weighted by molar-refractivity contribution is 9.10. The molecule has 0 radical (unpaired) electrons. The summed E-state index contributed by atoms with van der Waals surface area (Å²) in [6.45, 7) is 1.82. The second-order valence-corrected chi connectivity index (χ2v) is 7.68. The Bertz CT molecular complexity index is 412. The monoisotopic (exact) mass is 311 g/mol. The molecular formula is C9H14BrNO2S2. The van der Waals surface area contributed by atoms with Crippen LogP contribution in [0.4, 0.5) is 0 Å². The van der Waals surface area contributed by atoms with Gasteiger partial charge in [-0.15, -0.1) is 11.3 Å². The summed E-state index contributed by atoms with van der Waals surface area (Å²) in [6.07, 6.45) is 0.523. The molecule has 0 bridgehead atoms. The highest BCUT2D eigenvalue weighted by Gasteiger charge is 2.14. The molecule has 1 unspecified atom stereocenters. The van der Waals surface area contributed by atoms with Gasteiger partial charge in [0, 0.05) is 20.8 Å². The summed E-state index contributed by atoms with van der Waals surface area (Å²) in [7, 11) is -3.01. The predicted molar refractivity (Wildman–Crippen MR) is 67.8 cm³/mol. The Morgan fingerprint density at radius 2 is 2.27 bits per heavy atom. The van der Waals surface area contributed by atoms with Gasteiger partial charge in [0.2, 0.25) is 0 Å². The van der Waals surface area contributed by atoms with Crippen molar-refractivity contribution in [1.29, 1.82) is 0 Å². The van der Waals surface area contributed by atoms with E-state index < -0.39 is 9.84 Å². The molecule has 0 amide bonds. The molecule has 0 spiro atoms. The van der Waals surface area contributed by atoms with Crippen molar-refractivity contribution in [3.05, 3.63) is 20.8 Å². The summed E-state index contributed by atoms with van der Waals surface area (Å²) in [6, 6.07) is 1.78.